The fourth-order valence-electron chi connectivity index (χ4n) is 2.70. The number of sulfone groups is 1. The second-order valence-electron chi connectivity index (χ2n) is 5.80. The summed E-state index contributed by atoms with van der Waals surface area (Å²) in [6.07, 6.45) is 8.40. The minimum absolute atomic E-state index is 0.0130. The third kappa shape index (κ3) is 3.72. The Kier molecular flexibility index (Phi) is 4.90. The Morgan fingerprint density at radius 3 is 2.48 bits per heavy atom. The molecular formula is C18H16ClFO3S2. The van der Waals surface area contributed by atoms with Crippen LogP contribution in [0.25, 0.3) is 11.1 Å². The number of rotatable bonds is 4. The van der Waals surface area contributed by atoms with Crippen molar-refractivity contribution in [3.8, 4) is 11.1 Å². The van der Waals surface area contributed by atoms with Crippen LogP contribution in [-0.2, 0) is 14.6 Å². The van der Waals surface area contributed by atoms with Crippen molar-refractivity contribution in [1.82, 2.24) is 0 Å². The molecule has 0 radical (unpaired) electrons. The summed E-state index contributed by atoms with van der Waals surface area (Å²) in [5.74, 6) is -0.757. The van der Waals surface area contributed by atoms with Crippen molar-refractivity contribution in [1.29, 1.82) is 0 Å². The molecule has 0 saturated carbocycles. The van der Waals surface area contributed by atoms with E-state index in [2.05, 4.69) is 0 Å². The third-order valence-corrected chi connectivity index (χ3v) is 6.37. The molecule has 0 atom stereocenters. The number of hydrogen-bond donors (Lipinski definition) is 0. The molecule has 0 saturated heterocycles. The molecule has 132 valence electrons. The Hall–Kier alpha value is -1.47. The van der Waals surface area contributed by atoms with Gasteiger partial charge >= 0.3 is 0 Å². The van der Waals surface area contributed by atoms with Gasteiger partial charge in [0.05, 0.1) is 0 Å². The van der Waals surface area contributed by atoms with Gasteiger partial charge < -0.3 is 4.74 Å². The lowest BCUT2D eigenvalue weighted by Gasteiger charge is -2.23. The van der Waals surface area contributed by atoms with E-state index in [1.807, 2.05) is 22.9 Å². The first-order chi connectivity index (χ1) is 11.7. The number of alkyl halides is 1. The molecule has 3 rings (SSSR count). The molecule has 1 heterocycles. The highest BCUT2D eigenvalue weighted by Crippen LogP contribution is 2.38. The largest absolute Gasteiger partial charge is 0.356 e. The molecule has 2 aromatic rings. The van der Waals surface area contributed by atoms with Crippen molar-refractivity contribution in [2.75, 3.05) is 13.4 Å². The molecule has 1 aromatic carbocycles. The van der Waals surface area contributed by atoms with Gasteiger partial charge in [0.2, 0.25) is 0 Å². The average Bonchev–Trinajstić information content (AvgIpc) is 3.04. The monoisotopic (exact) mass is 398 g/mol. The summed E-state index contributed by atoms with van der Waals surface area (Å²) in [4.78, 5) is -0.294. The highest BCUT2D eigenvalue weighted by molar-refractivity contribution is 7.90. The van der Waals surface area contributed by atoms with Gasteiger partial charge in [0, 0.05) is 19.3 Å². The molecular weight excluding hydrogens is 383 g/mol. The molecule has 3 nitrogen and oxygen atoms in total. The van der Waals surface area contributed by atoms with Crippen LogP contribution < -0.4 is 0 Å². The van der Waals surface area contributed by atoms with Crippen molar-refractivity contribution >= 4 is 32.8 Å². The van der Waals surface area contributed by atoms with Crippen molar-refractivity contribution in [2.24, 2.45) is 0 Å². The summed E-state index contributed by atoms with van der Waals surface area (Å²) in [7, 11) is -2.06. The van der Waals surface area contributed by atoms with E-state index < -0.39 is 20.7 Å². The van der Waals surface area contributed by atoms with Crippen LogP contribution in [0.15, 0.2) is 58.2 Å². The van der Waals surface area contributed by atoms with Crippen molar-refractivity contribution in [2.45, 2.75) is 15.9 Å². The molecule has 7 heteroatoms. The lowest BCUT2D eigenvalue weighted by Crippen LogP contribution is -2.20. The van der Waals surface area contributed by atoms with Crippen LogP contribution in [0.2, 0.25) is 0 Å². The Morgan fingerprint density at radius 2 is 1.92 bits per heavy atom. The summed E-state index contributed by atoms with van der Waals surface area (Å²) in [5, 5.41) is 2.98. The van der Waals surface area contributed by atoms with E-state index in [0.29, 0.717) is 5.56 Å². The van der Waals surface area contributed by atoms with E-state index in [1.165, 1.54) is 30.6 Å². The molecule has 1 aliphatic rings. The predicted molar refractivity (Wildman–Crippen MR) is 99.4 cm³/mol. The number of benzene rings is 1. The summed E-state index contributed by atoms with van der Waals surface area (Å²) in [5.41, 5.74) is 2.50. The molecule has 0 spiro atoms. The van der Waals surface area contributed by atoms with Crippen LogP contribution in [-0.4, -0.2) is 26.8 Å². The van der Waals surface area contributed by atoms with Gasteiger partial charge in [-0.2, -0.15) is 11.3 Å². The molecule has 1 aromatic heterocycles. The van der Waals surface area contributed by atoms with Crippen molar-refractivity contribution in [3.05, 3.63) is 64.6 Å². The number of allylic oxidation sites excluding steroid dienone is 2. The van der Waals surface area contributed by atoms with Gasteiger partial charge in [0.1, 0.15) is 10.7 Å². The van der Waals surface area contributed by atoms with Gasteiger partial charge in [-0.1, -0.05) is 29.8 Å². The number of ether oxygens (including phenoxy) is 1. The molecule has 0 N–H and O–H groups in total. The molecule has 0 aliphatic heterocycles. The Bertz CT molecular complexity index is 946. The first-order valence-electron chi connectivity index (χ1n) is 7.42. The average molecular weight is 399 g/mol. The van der Waals surface area contributed by atoms with Gasteiger partial charge in [-0.05, 0) is 51.7 Å². The zero-order valence-electron chi connectivity index (χ0n) is 13.6. The SMILES string of the molecule is COC1(Cl)C=CC(c2cscc2-c2ccc(S(C)(=O)=O)c(F)c2)C=C1. The Morgan fingerprint density at radius 1 is 1.24 bits per heavy atom. The standard InChI is InChI=1S/C18H16ClFO3S2/c1-23-18(19)7-5-12(6-8-18)14-10-24-11-15(14)13-3-4-17(16(20)9-13)25(2,21)22/h3-12H,1-2H3. The number of methoxy groups -OCH3 is 1. The van der Waals surface area contributed by atoms with Gasteiger partial charge in [0.15, 0.2) is 14.9 Å². The van der Waals surface area contributed by atoms with Gasteiger partial charge in [-0.25, -0.2) is 12.8 Å². The van der Waals surface area contributed by atoms with Crippen LogP contribution in [0, 0.1) is 5.82 Å². The second kappa shape index (κ2) is 6.68. The lowest BCUT2D eigenvalue weighted by molar-refractivity contribution is 0.142. The van der Waals surface area contributed by atoms with Gasteiger partial charge in [0.25, 0.3) is 0 Å². The van der Waals surface area contributed by atoms with Crippen molar-refractivity contribution in [3.63, 3.8) is 0 Å². The second-order valence-corrected chi connectivity index (χ2v) is 9.12. The minimum Gasteiger partial charge on any atom is -0.356 e. The molecule has 25 heavy (non-hydrogen) atoms. The zero-order valence-corrected chi connectivity index (χ0v) is 16.0. The number of thiophene rings is 1. The van der Waals surface area contributed by atoms with Crippen molar-refractivity contribution < 1.29 is 17.5 Å². The summed E-state index contributed by atoms with van der Waals surface area (Å²) < 4.78 is 42.6. The molecule has 0 unspecified atom stereocenters. The predicted octanol–water partition coefficient (Wildman–Crippen LogP) is 4.75. The first-order valence-corrected chi connectivity index (χ1v) is 10.6. The maximum Gasteiger partial charge on any atom is 0.179 e. The minimum atomic E-state index is -3.59. The van der Waals surface area contributed by atoms with Gasteiger partial charge in [-0.15, -0.1) is 0 Å². The quantitative estimate of drug-likeness (QED) is 0.551. The number of hydrogen-bond acceptors (Lipinski definition) is 4. The smallest absolute Gasteiger partial charge is 0.179 e. The highest BCUT2D eigenvalue weighted by atomic mass is 35.5. The zero-order chi connectivity index (χ0) is 18.2. The topological polar surface area (TPSA) is 43.4 Å². The maximum absolute atomic E-state index is 14.2. The summed E-state index contributed by atoms with van der Waals surface area (Å²) in [6, 6.07) is 4.20. The molecule has 0 fully saturated rings. The Labute approximate surface area is 155 Å². The van der Waals surface area contributed by atoms with Gasteiger partial charge in [-0.3, -0.25) is 0 Å². The van der Waals surface area contributed by atoms with E-state index in [-0.39, 0.29) is 10.8 Å². The Balaban J connectivity index is 1.97. The molecule has 1 aliphatic carbocycles. The van der Waals surface area contributed by atoms with Crippen LogP contribution in [0.3, 0.4) is 0 Å². The van der Waals surface area contributed by atoms with E-state index in [9.17, 15) is 12.8 Å². The summed E-state index contributed by atoms with van der Waals surface area (Å²) >= 11 is 7.73. The van der Waals surface area contributed by atoms with Crippen LogP contribution in [0.4, 0.5) is 4.39 Å². The highest BCUT2D eigenvalue weighted by Gasteiger charge is 2.25. The summed E-state index contributed by atoms with van der Waals surface area (Å²) in [6.45, 7) is 0. The molecule has 0 amide bonds. The normalized spacial score (nSPS) is 23.1. The van der Waals surface area contributed by atoms with E-state index in [0.717, 1.165) is 17.4 Å². The van der Waals surface area contributed by atoms with E-state index in [4.69, 9.17) is 16.3 Å². The van der Waals surface area contributed by atoms with Crippen LogP contribution in [0.1, 0.15) is 11.5 Å². The third-order valence-electron chi connectivity index (χ3n) is 4.07. The van der Waals surface area contributed by atoms with E-state index in [1.54, 1.807) is 18.2 Å². The number of halogens is 2. The fraction of sp³-hybridized carbons (Fsp3) is 0.222. The lowest BCUT2D eigenvalue weighted by atomic mass is 9.90. The van der Waals surface area contributed by atoms with Crippen LogP contribution in [0.5, 0.6) is 0 Å². The molecule has 0 bridgehead atoms. The van der Waals surface area contributed by atoms with Crippen LogP contribution >= 0.6 is 22.9 Å². The van der Waals surface area contributed by atoms with E-state index >= 15 is 0 Å². The fourth-order valence-corrected chi connectivity index (χ4v) is 4.48. The maximum atomic E-state index is 14.2. The first kappa shape index (κ1) is 18.3.